The zero-order valence-corrected chi connectivity index (χ0v) is 13.4. The first-order valence-electron chi connectivity index (χ1n) is 7.87. The molecule has 0 radical (unpaired) electrons. The van der Waals surface area contributed by atoms with Crippen molar-refractivity contribution in [1.29, 1.82) is 0 Å². The van der Waals surface area contributed by atoms with Crippen LogP contribution < -0.4 is 5.32 Å². The predicted octanol–water partition coefficient (Wildman–Crippen LogP) is 1.72. The molecule has 1 aromatic rings. The van der Waals surface area contributed by atoms with Gasteiger partial charge in [-0.2, -0.15) is 0 Å². The molecule has 1 saturated heterocycles. The molecular weight excluding hydrogens is 250 g/mol. The van der Waals surface area contributed by atoms with Crippen molar-refractivity contribution >= 4 is 0 Å². The van der Waals surface area contributed by atoms with Gasteiger partial charge >= 0.3 is 0 Å². The van der Waals surface area contributed by atoms with E-state index >= 15 is 0 Å². The van der Waals surface area contributed by atoms with E-state index in [2.05, 4.69) is 45.9 Å². The topological polar surface area (TPSA) is 46.0 Å². The number of aryl methyl sites for hydroxylation is 1. The van der Waals surface area contributed by atoms with Gasteiger partial charge in [0.1, 0.15) is 11.6 Å². The molecule has 0 saturated carbocycles. The van der Waals surface area contributed by atoms with Crippen LogP contribution in [0, 0.1) is 12.8 Å². The standard InChI is InChI=1S/C15H29N5/c1-12(2)9-16-10-14-7-5-6-8-20(14)11-15-18-17-13(3)19(15)4/h12,14,16H,5-11H2,1-4H3. The van der Waals surface area contributed by atoms with Gasteiger partial charge in [-0.15, -0.1) is 10.2 Å². The fraction of sp³-hybridized carbons (Fsp3) is 0.867. The van der Waals surface area contributed by atoms with E-state index in [0.29, 0.717) is 12.0 Å². The largest absolute Gasteiger partial charge is 0.317 e. The second kappa shape index (κ2) is 7.18. The average Bonchev–Trinajstić information content (AvgIpc) is 2.72. The van der Waals surface area contributed by atoms with E-state index in [9.17, 15) is 0 Å². The third-order valence-corrected chi connectivity index (χ3v) is 4.21. The third-order valence-electron chi connectivity index (χ3n) is 4.21. The quantitative estimate of drug-likeness (QED) is 0.861. The predicted molar refractivity (Wildman–Crippen MR) is 81.5 cm³/mol. The minimum absolute atomic E-state index is 0.638. The van der Waals surface area contributed by atoms with Gasteiger partial charge in [-0.3, -0.25) is 4.90 Å². The first kappa shape index (κ1) is 15.4. The summed E-state index contributed by atoms with van der Waals surface area (Å²) in [6.45, 7) is 10.8. The molecule has 20 heavy (non-hydrogen) atoms. The number of likely N-dealkylation sites (tertiary alicyclic amines) is 1. The van der Waals surface area contributed by atoms with E-state index in [1.807, 2.05) is 6.92 Å². The van der Waals surface area contributed by atoms with Gasteiger partial charge in [0.25, 0.3) is 0 Å². The maximum Gasteiger partial charge on any atom is 0.146 e. The molecule has 5 nitrogen and oxygen atoms in total. The summed E-state index contributed by atoms with van der Waals surface area (Å²) in [5, 5.41) is 12.1. The monoisotopic (exact) mass is 279 g/mol. The number of aromatic nitrogens is 3. The van der Waals surface area contributed by atoms with Crippen molar-refractivity contribution in [2.24, 2.45) is 13.0 Å². The zero-order valence-electron chi connectivity index (χ0n) is 13.4. The minimum atomic E-state index is 0.638. The molecule has 0 aliphatic carbocycles. The maximum atomic E-state index is 4.30. The van der Waals surface area contributed by atoms with Crippen molar-refractivity contribution in [2.45, 2.75) is 52.6 Å². The van der Waals surface area contributed by atoms with E-state index in [4.69, 9.17) is 0 Å². The van der Waals surface area contributed by atoms with Crippen LogP contribution in [0.25, 0.3) is 0 Å². The number of piperidine rings is 1. The van der Waals surface area contributed by atoms with Gasteiger partial charge in [0.05, 0.1) is 6.54 Å². The Bertz CT molecular complexity index is 412. The SMILES string of the molecule is Cc1nnc(CN2CCCCC2CNCC(C)C)n1C. The summed E-state index contributed by atoms with van der Waals surface area (Å²) < 4.78 is 2.10. The summed E-state index contributed by atoms with van der Waals surface area (Å²) in [5.41, 5.74) is 0. The molecule has 0 amide bonds. The van der Waals surface area contributed by atoms with Gasteiger partial charge in [0.2, 0.25) is 0 Å². The van der Waals surface area contributed by atoms with Crippen molar-refractivity contribution in [3.8, 4) is 0 Å². The molecule has 2 heterocycles. The summed E-state index contributed by atoms with van der Waals surface area (Å²) in [4.78, 5) is 2.57. The Morgan fingerprint density at radius 2 is 2.10 bits per heavy atom. The van der Waals surface area contributed by atoms with Crippen molar-refractivity contribution in [3.05, 3.63) is 11.6 Å². The Kier molecular flexibility index (Phi) is 5.54. The van der Waals surface area contributed by atoms with E-state index in [1.54, 1.807) is 0 Å². The lowest BCUT2D eigenvalue weighted by Crippen LogP contribution is -2.45. The first-order chi connectivity index (χ1) is 9.58. The van der Waals surface area contributed by atoms with Gasteiger partial charge in [-0.1, -0.05) is 20.3 Å². The van der Waals surface area contributed by atoms with Gasteiger partial charge in [0, 0.05) is 19.6 Å². The molecule has 114 valence electrons. The molecule has 1 unspecified atom stereocenters. The summed E-state index contributed by atoms with van der Waals surface area (Å²) in [7, 11) is 2.06. The molecule has 1 fully saturated rings. The summed E-state index contributed by atoms with van der Waals surface area (Å²) >= 11 is 0. The molecule has 0 bridgehead atoms. The van der Waals surface area contributed by atoms with Crippen LogP contribution in [-0.2, 0) is 13.6 Å². The lowest BCUT2D eigenvalue weighted by molar-refractivity contribution is 0.132. The normalized spacial score (nSPS) is 20.8. The fourth-order valence-corrected chi connectivity index (χ4v) is 2.81. The lowest BCUT2D eigenvalue weighted by Gasteiger charge is -2.35. The van der Waals surface area contributed by atoms with Crippen molar-refractivity contribution < 1.29 is 0 Å². The molecular formula is C15H29N5. The van der Waals surface area contributed by atoms with Crippen LogP contribution >= 0.6 is 0 Å². The molecule has 5 heteroatoms. The molecule has 1 aliphatic rings. The van der Waals surface area contributed by atoms with E-state index in [1.165, 1.54) is 25.8 Å². The Morgan fingerprint density at radius 1 is 1.30 bits per heavy atom. The highest BCUT2D eigenvalue weighted by Crippen LogP contribution is 2.18. The van der Waals surface area contributed by atoms with Crippen LogP contribution in [0.2, 0.25) is 0 Å². The third kappa shape index (κ3) is 4.03. The smallest absolute Gasteiger partial charge is 0.146 e. The summed E-state index contributed by atoms with van der Waals surface area (Å²) in [6, 6.07) is 0.638. The molecule has 1 N–H and O–H groups in total. The minimum Gasteiger partial charge on any atom is -0.317 e. The Labute approximate surface area is 122 Å². The number of hydrogen-bond acceptors (Lipinski definition) is 4. The average molecular weight is 279 g/mol. The van der Waals surface area contributed by atoms with Crippen molar-refractivity contribution in [1.82, 2.24) is 25.0 Å². The molecule has 0 aromatic carbocycles. The van der Waals surface area contributed by atoms with Crippen LogP contribution in [-0.4, -0.2) is 45.3 Å². The van der Waals surface area contributed by atoms with E-state index < -0.39 is 0 Å². The van der Waals surface area contributed by atoms with E-state index in [-0.39, 0.29) is 0 Å². The van der Waals surface area contributed by atoms with Gasteiger partial charge in [0.15, 0.2) is 0 Å². The Morgan fingerprint density at radius 3 is 2.75 bits per heavy atom. The van der Waals surface area contributed by atoms with Gasteiger partial charge in [-0.25, -0.2) is 0 Å². The lowest BCUT2D eigenvalue weighted by atomic mass is 10.0. The van der Waals surface area contributed by atoms with Crippen LogP contribution in [0.1, 0.15) is 44.8 Å². The highest BCUT2D eigenvalue weighted by atomic mass is 15.3. The second-order valence-corrected chi connectivity index (χ2v) is 6.39. The number of nitrogens with zero attached hydrogens (tertiary/aromatic N) is 4. The van der Waals surface area contributed by atoms with Gasteiger partial charge in [-0.05, 0) is 38.8 Å². The maximum absolute atomic E-state index is 4.30. The Balaban J connectivity index is 1.91. The first-order valence-corrected chi connectivity index (χ1v) is 7.87. The van der Waals surface area contributed by atoms with Crippen LogP contribution in [0.5, 0.6) is 0 Å². The van der Waals surface area contributed by atoms with Crippen molar-refractivity contribution in [3.63, 3.8) is 0 Å². The molecule has 2 rings (SSSR count). The molecule has 1 aromatic heterocycles. The number of rotatable bonds is 6. The van der Waals surface area contributed by atoms with Crippen LogP contribution in [0.15, 0.2) is 0 Å². The van der Waals surface area contributed by atoms with Crippen molar-refractivity contribution in [2.75, 3.05) is 19.6 Å². The second-order valence-electron chi connectivity index (χ2n) is 6.39. The molecule has 1 atom stereocenters. The Hall–Kier alpha value is -0.940. The summed E-state index contributed by atoms with van der Waals surface area (Å²) in [6.07, 6.45) is 3.95. The van der Waals surface area contributed by atoms with E-state index in [0.717, 1.165) is 31.3 Å². The van der Waals surface area contributed by atoms with Crippen LogP contribution in [0.3, 0.4) is 0 Å². The molecule has 1 aliphatic heterocycles. The number of hydrogen-bond donors (Lipinski definition) is 1. The molecule has 0 spiro atoms. The zero-order chi connectivity index (χ0) is 14.5. The van der Waals surface area contributed by atoms with Crippen LogP contribution in [0.4, 0.5) is 0 Å². The number of nitrogens with one attached hydrogen (secondary N) is 1. The summed E-state index contributed by atoms with van der Waals surface area (Å²) in [5.74, 6) is 2.79. The highest BCUT2D eigenvalue weighted by Gasteiger charge is 2.23. The fourth-order valence-electron chi connectivity index (χ4n) is 2.81. The van der Waals surface area contributed by atoms with Gasteiger partial charge < -0.3 is 9.88 Å². The highest BCUT2D eigenvalue weighted by molar-refractivity contribution is 4.94.